The van der Waals surface area contributed by atoms with E-state index in [4.69, 9.17) is 4.12 Å². The third-order valence-corrected chi connectivity index (χ3v) is 387. The van der Waals surface area contributed by atoms with Crippen molar-refractivity contribution in [3.05, 3.63) is 0 Å². The lowest BCUT2D eigenvalue weighted by Gasteiger charge is -2.16. The Kier molecular flexibility index (Phi) is 46.0. The fourth-order valence-corrected chi connectivity index (χ4v) is 569. The van der Waals surface area contributed by atoms with Crippen molar-refractivity contribution in [2.75, 3.05) is 0 Å². The quantitative estimate of drug-likeness (QED) is 0.0510. The normalized spacial score (nSPS) is 10.0. The van der Waals surface area contributed by atoms with Crippen LogP contribution in [0.25, 0.3) is 0 Å². The maximum atomic E-state index is 12.9. The van der Waals surface area contributed by atoms with Crippen molar-refractivity contribution in [1.29, 1.82) is 0 Å². The Morgan fingerprint density at radius 3 is 0.301 bits per heavy atom. The van der Waals surface area contributed by atoms with E-state index in [1.807, 2.05) is 0 Å². The molecule has 0 aliphatic heterocycles. The average molecular weight is 2250 g/mol. The molecular weight excluding hydrogens is 2240 g/mol. The van der Waals surface area contributed by atoms with Crippen LogP contribution in [-0.4, -0.2) is 388 Å². The first-order chi connectivity index (χ1) is 46.8. The van der Waals surface area contributed by atoms with Crippen molar-refractivity contribution < 1.29 is 223 Å². The van der Waals surface area contributed by atoms with Crippen LogP contribution >= 0.6 is 0 Å². The monoisotopic (exact) mass is 2240 g/mol. The molecule has 100 heteroatoms. The fourth-order valence-electron chi connectivity index (χ4n) is 5.10. The van der Waals surface area contributed by atoms with E-state index in [1.54, 1.807) is 0 Å². The summed E-state index contributed by atoms with van der Waals surface area (Å²) in [4.78, 5) is 0. The molecule has 50 nitrogen and oxygen atoms in total. The van der Waals surface area contributed by atoms with E-state index in [9.17, 15) is 219 Å². The van der Waals surface area contributed by atoms with E-state index in [1.165, 1.54) is 19.6 Å². The minimum Gasteiger partial charge on any atom is -0.578 e. The molecule has 521 valence electrons. The molecule has 0 aromatic heterocycles. The van der Waals surface area contributed by atoms with Crippen LogP contribution in [0.3, 0.4) is 0 Å². The Morgan fingerprint density at radius 1 is 0.146 bits per heavy atom. The van der Waals surface area contributed by atoms with Crippen molar-refractivity contribution in [2.45, 2.75) is 19.6 Å². The maximum Gasteiger partial charge on any atom is 0.532 e. The zero-order valence-corrected chi connectivity index (χ0v) is 98.4. The molecule has 0 unspecified atom stereocenters. The molecular formula is C3H9O50Si50. The molecule has 0 aromatic carbocycles. The molecule has 0 aliphatic carbocycles. The van der Waals surface area contributed by atoms with E-state index >= 15 is 0 Å². The predicted molar refractivity (Wildman–Crippen MR) is 340 cm³/mol. The van der Waals surface area contributed by atoms with E-state index in [0.717, 1.165) is 0 Å². The van der Waals surface area contributed by atoms with Crippen LogP contribution in [0, 0.1) is 0 Å². The molecule has 0 spiro atoms. The average Bonchev–Trinajstić information content (AvgIpc) is 0.825. The van der Waals surface area contributed by atoms with Gasteiger partial charge in [-0.1, -0.05) is 0 Å². The van der Waals surface area contributed by atoms with E-state index < -0.39 is 388 Å². The van der Waals surface area contributed by atoms with Crippen molar-refractivity contribution in [3.8, 4) is 0 Å². The van der Waals surface area contributed by atoms with Gasteiger partial charge in [-0.3, -0.25) is 0 Å². The molecule has 0 aliphatic rings. The molecule has 0 rings (SSSR count). The summed E-state index contributed by atoms with van der Waals surface area (Å²) < 4.78 is 624. The number of rotatable bonds is 50. The van der Waals surface area contributed by atoms with Crippen LogP contribution in [0.5, 0.6) is 0 Å². The SMILES string of the molecule is C[Si](C)(C)O[Si](=O)[Si](=O)[Si](=O)[Si](=O)[Si](=O)[Si](=O)[Si](=O)[Si](=O)[Si](=O)[Si](=O)[Si](=O)[Si](=O)[Si](=O)[Si](=O)[Si](=O)[Si](=O)[Si](=O)[Si](=O)[Si](=O)[Si](=O)[Si](=O)[Si](=O)[Si](=O)[Si](=O)[Si](=O)[Si](=O)[Si](=O)[Si](=O)[Si](=O)[Si](=O)[Si](=O)[Si](=O)[Si](=O)[Si](=O)[Si](=O)[Si](=O)[Si](=O)[Si](=O)[Si](=O)[Si](=O)[Si](=O)[Si](=O)[Si](=O)[Si](=O)[Si](=O)[Si](=O)[Si](=O)[Si](=O)[Si]=O. The molecule has 103 heavy (non-hydrogen) atoms. The Hall–Kier alpha value is 0.844. The minimum absolute atomic E-state index is 1.43. The highest BCUT2D eigenvalue weighted by Gasteiger charge is 2.61. The summed E-state index contributed by atoms with van der Waals surface area (Å²) in [5.41, 5.74) is 0. The van der Waals surface area contributed by atoms with Gasteiger partial charge < -0.3 is 223 Å². The largest absolute Gasteiger partial charge is 0.578 e. The van der Waals surface area contributed by atoms with Gasteiger partial charge in [0.2, 0.25) is 8.32 Å². The Balaban J connectivity index is 6.03. The highest BCUT2D eigenvalue weighted by Crippen LogP contribution is 2.02. The van der Waals surface area contributed by atoms with Crippen molar-refractivity contribution in [2.24, 2.45) is 0 Å². The van der Waals surface area contributed by atoms with Crippen LogP contribution < -0.4 is 0 Å². The molecule has 0 N–H and O–H groups in total. The molecule has 0 heterocycles. The molecule has 0 saturated carbocycles. The standard InChI is InChI=1S/C3H9O50Si50/c1-103(2,3)53-55(5)57(7)59(9)61(11)63(13)65(15)67(17)69(19)71(21)73(23)75(25)77(27)79(29)81(31)83(33)85(35)87(37)89(39)91(41)93(43)95(45)97(47)99(49)101(51)102(52)100(50)98(48)96(46)94(44)92(42)90(40)88(38)86(36)84(34)82(32)80(30)78(28)76(26)74(24)72(22)70(20)68(18)66(16)64(14)62(12)60(10)58(8)56(6)54-4/h1-3H3. The van der Waals surface area contributed by atoms with Crippen LogP contribution in [0.1, 0.15) is 0 Å². The Bertz CT molecular complexity index is 4810. The third-order valence-electron chi connectivity index (χ3n) is 10.2. The second-order valence-electron chi connectivity index (χ2n) is 18.1. The summed E-state index contributed by atoms with van der Waals surface area (Å²) in [6.07, 6.45) is 0. The van der Waals surface area contributed by atoms with Gasteiger partial charge in [-0.2, -0.15) is 0 Å². The lowest BCUT2D eigenvalue weighted by molar-refractivity contribution is 0.462. The second kappa shape index (κ2) is 45.7. The highest BCUT2D eigenvalue weighted by atomic mass is 30.2. The van der Waals surface area contributed by atoms with E-state index in [2.05, 4.69) is 0 Å². The van der Waals surface area contributed by atoms with Crippen molar-refractivity contribution in [3.63, 3.8) is 0 Å². The summed E-state index contributed by atoms with van der Waals surface area (Å²) in [5.74, 6) is 0. The van der Waals surface area contributed by atoms with E-state index in [-0.39, 0.29) is 0 Å². The smallest absolute Gasteiger partial charge is 0.532 e. The number of hydrogen-bond acceptors (Lipinski definition) is 50. The van der Waals surface area contributed by atoms with Gasteiger partial charge in [-0.25, -0.2) is 0 Å². The predicted octanol–water partition coefficient (Wildman–Crippen LogP) is -23.2. The maximum absolute atomic E-state index is 12.9. The van der Waals surface area contributed by atoms with Gasteiger partial charge in [-0.05, 0) is 19.6 Å². The lowest BCUT2D eigenvalue weighted by Crippen LogP contribution is -2.58. The molecule has 0 fully saturated rings. The second-order valence-corrected chi connectivity index (χ2v) is 255. The van der Waals surface area contributed by atoms with Gasteiger partial charge in [0, 0.05) is 0 Å². The summed E-state index contributed by atoms with van der Waals surface area (Å²) >= 11 is 0. The zero-order chi connectivity index (χ0) is 81.6. The van der Waals surface area contributed by atoms with Gasteiger partial charge in [0.05, 0.1) is 0 Å². The van der Waals surface area contributed by atoms with Gasteiger partial charge in [0.25, 0.3) is 0 Å². The van der Waals surface area contributed by atoms with Crippen LogP contribution in [-0.2, 0) is 223 Å². The van der Waals surface area contributed by atoms with Gasteiger partial charge >= 0.3 is 380 Å². The lowest BCUT2D eigenvalue weighted by atomic mass is 11.8. The first kappa shape index (κ1) is 104. The van der Waals surface area contributed by atoms with E-state index in [0.29, 0.717) is 0 Å². The molecule has 0 aromatic rings. The summed E-state index contributed by atoms with van der Waals surface area (Å²) in [7, 11) is -229. The topological polar surface area (TPSA) is 846 Å². The molecule has 0 bridgehead atoms. The number of hydrogen-bond donors (Lipinski definition) is 0. The van der Waals surface area contributed by atoms with Crippen molar-refractivity contribution in [1.82, 2.24) is 0 Å². The van der Waals surface area contributed by atoms with Gasteiger partial charge in [0.1, 0.15) is 0 Å². The minimum atomic E-state index is -4.94. The van der Waals surface area contributed by atoms with Crippen molar-refractivity contribution >= 4 is 388 Å². The fraction of sp³-hybridized carbons (Fsp3) is 1.00. The Morgan fingerprint density at radius 2 is 0.223 bits per heavy atom. The Labute approximate surface area is 623 Å². The molecule has 0 saturated heterocycles. The first-order valence-corrected chi connectivity index (χ1v) is 144. The van der Waals surface area contributed by atoms with Crippen LogP contribution in [0.4, 0.5) is 0 Å². The third kappa shape index (κ3) is 27.3. The summed E-state index contributed by atoms with van der Waals surface area (Å²) in [6, 6.07) is 0. The molecule has 0 atom stereocenters. The van der Waals surface area contributed by atoms with Gasteiger partial charge in [0.15, 0.2) is 0 Å². The van der Waals surface area contributed by atoms with Gasteiger partial charge in [-0.15, -0.1) is 0 Å². The molecule has 0 amide bonds. The molecule has 1 radical (unpaired) electrons. The summed E-state index contributed by atoms with van der Waals surface area (Å²) in [5, 5.41) is 0. The van der Waals surface area contributed by atoms with Crippen LogP contribution in [0.15, 0.2) is 0 Å². The van der Waals surface area contributed by atoms with Crippen LogP contribution in [0.2, 0.25) is 19.6 Å². The summed E-state index contributed by atoms with van der Waals surface area (Å²) in [6.45, 7) is 4.29. The zero-order valence-electron chi connectivity index (χ0n) is 48.4. The first-order valence-electron chi connectivity index (χ1n) is 23.9. The highest BCUT2D eigenvalue weighted by molar-refractivity contribution is 7.87.